The molecule has 0 spiro atoms. The van der Waals surface area contributed by atoms with Gasteiger partial charge in [0.05, 0.1) is 6.54 Å². The van der Waals surface area contributed by atoms with Crippen molar-refractivity contribution >= 4 is 5.96 Å². The lowest BCUT2D eigenvalue weighted by Gasteiger charge is -2.26. The summed E-state index contributed by atoms with van der Waals surface area (Å²) < 4.78 is 1.90. The Labute approximate surface area is 128 Å². The highest BCUT2D eigenvalue weighted by Crippen LogP contribution is 2.22. The molecule has 0 radical (unpaired) electrons. The summed E-state index contributed by atoms with van der Waals surface area (Å²) in [5, 5.41) is 14.6. The molecule has 0 amide bonds. The van der Waals surface area contributed by atoms with E-state index in [0.29, 0.717) is 6.54 Å². The van der Waals surface area contributed by atoms with Crippen molar-refractivity contribution in [3.8, 4) is 0 Å². The minimum Gasteiger partial charge on any atom is -0.356 e. The Hall–Kier alpha value is -1.59. The van der Waals surface area contributed by atoms with Crippen LogP contribution in [0.4, 0.5) is 0 Å². The van der Waals surface area contributed by atoms with Crippen molar-refractivity contribution in [2.24, 2.45) is 17.5 Å². The zero-order valence-corrected chi connectivity index (χ0v) is 14.1. The summed E-state index contributed by atoms with van der Waals surface area (Å²) in [5.41, 5.74) is 0.275. The second kappa shape index (κ2) is 8.64. The van der Waals surface area contributed by atoms with Gasteiger partial charge in [0.15, 0.2) is 11.8 Å². The van der Waals surface area contributed by atoms with Crippen LogP contribution in [0.3, 0.4) is 0 Å². The van der Waals surface area contributed by atoms with Gasteiger partial charge in [-0.1, -0.05) is 40.0 Å². The molecule has 1 aromatic heterocycles. The SMILES string of the molecule is CCCCCC(C)(C)CNC(=NC)NCc1nncn1C. The Kier molecular flexibility index (Phi) is 7.19. The van der Waals surface area contributed by atoms with Crippen LogP contribution in [0.5, 0.6) is 0 Å². The van der Waals surface area contributed by atoms with Crippen LogP contribution in [-0.4, -0.2) is 34.3 Å². The van der Waals surface area contributed by atoms with Crippen molar-refractivity contribution in [2.75, 3.05) is 13.6 Å². The molecule has 0 bridgehead atoms. The average molecular weight is 294 g/mol. The highest BCUT2D eigenvalue weighted by molar-refractivity contribution is 5.79. The summed E-state index contributed by atoms with van der Waals surface area (Å²) in [7, 11) is 3.72. The molecule has 6 nitrogen and oxygen atoms in total. The second-order valence-corrected chi connectivity index (χ2v) is 6.26. The molecule has 0 aliphatic rings. The first-order valence-electron chi connectivity index (χ1n) is 7.76. The molecule has 1 aromatic rings. The Bertz CT molecular complexity index is 435. The van der Waals surface area contributed by atoms with E-state index in [-0.39, 0.29) is 5.41 Å². The monoisotopic (exact) mass is 294 g/mol. The average Bonchev–Trinajstić information content (AvgIpc) is 2.85. The second-order valence-electron chi connectivity index (χ2n) is 6.26. The van der Waals surface area contributed by atoms with E-state index in [4.69, 9.17) is 0 Å². The first kappa shape index (κ1) is 17.5. The molecule has 0 aromatic carbocycles. The van der Waals surface area contributed by atoms with E-state index >= 15 is 0 Å². The van der Waals surface area contributed by atoms with Crippen LogP contribution in [0.1, 0.15) is 52.3 Å². The summed E-state index contributed by atoms with van der Waals surface area (Å²) in [6.07, 6.45) is 6.79. The number of unbranched alkanes of at least 4 members (excludes halogenated alkanes) is 2. The third-order valence-corrected chi connectivity index (χ3v) is 3.63. The smallest absolute Gasteiger partial charge is 0.191 e. The molecule has 0 fully saturated rings. The molecular weight excluding hydrogens is 264 g/mol. The minimum atomic E-state index is 0.275. The number of aliphatic imine (C=N–C) groups is 1. The lowest BCUT2D eigenvalue weighted by molar-refractivity contribution is 0.318. The van der Waals surface area contributed by atoms with E-state index in [1.165, 1.54) is 25.7 Å². The Balaban J connectivity index is 2.35. The predicted octanol–water partition coefficient (Wildman–Crippen LogP) is 2.09. The number of aromatic nitrogens is 3. The van der Waals surface area contributed by atoms with E-state index in [1.807, 2.05) is 11.6 Å². The van der Waals surface area contributed by atoms with Gasteiger partial charge in [-0.05, 0) is 11.8 Å². The van der Waals surface area contributed by atoms with Crippen LogP contribution < -0.4 is 10.6 Å². The Morgan fingerprint density at radius 2 is 2.10 bits per heavy atom. The molecule has 0 aliphatic carbocycles. The minimum absolute atomic E-state index is 0.275. The zero-order chi connectivity index (χ0) is 15.7. The third kappa shape index (κ3) is 6.60. The quantitative estimate of drug-likeness (QED) is 0.438. The highest BCUT2D eigenvalue weighted by Gasteiger charge is 2.17. The van der Waals surface area contributed by atoms with E-state index in [9.17, 15) is 0 Å². The van der Waals surface area contributed by atoms with Crippen molar-refractivity contribution < 1.29 is 0 Å². The third-order valence-electron chi connectivity index (χ3n) is 3.63. The van der Waals surface area contributed by atoms with Gasteiger partial charge in [-0.3, -0.25) is 4.99 Å². The van der Waals surface area contributed by atoms with Crippen LogP contribution in [-0.2, 0) is 13.6 Å². The fourth-order valence-electron chi connectivity index (χ4n) is 2.12. The van der Waals surface area contributed by atoms with Crippen molar-refractivity contribution in [3.05, 3.63) is 12.2 Å². The zero-order valence-electron chi connectivity index (χ0n) is 14.1. The first-order chi connectivity index (χ1) is 9.98. The van der Waals surface area contributed by atoms with Crippen molar-refractivity contribution in [3.63, 3.8) is 0 Å². The molecule has 1 heterocycles. The van der Waals surface area contributed by atoms with Crippen LogP contribution in [0, 0.1) is 5.41 Å². The number of hydrogen-bond acceptors (Lipinski definition) is 3. The molecule has 21 heavy (non-hydrogen) atoms. The predicted molar refractivity (Wildman–Crippen MR) is 87.1 cm³/mol. The molecule has 0 atom stereocenters. The Morgan fingerprint density at radius 1 is 1.33 bits per heavy atom. The largest absolute Gasteiger partial charge is 0.356 e. The van der Waals surface area contributed by atoms with Crippen molar-refractivity contribution in [1.82, 2.24) is 25.4 Å². The molecule has 0 aliphatic heterocycles. The van der Waals surface area contributed by atoms with Crippen LogP contribution in [0.2, 0.25) is 0 Å². The van der Waals surface area contributed by atoms with Gasteiger partial charge in [0.25, 0.3) is 0 Å². The maximum Gasteiger partial charge on any atom is 0.191 e. The molecule has 0 saturated carbocycles. The van der Waals surface area contributed by atoms with Gasteiger partial charge in [-0.2, -0.15) is 0 Å². The number of nitrogens with one attached hydrogen (secondary N) is 2. The number of aryl methyl sites for hydroxylation is 1. The van der Waals surface area contributed by atoms with Gasteiger partial charge in [0, 0.05) is 20.6 Å². The number of guanidine groups is 1. The number of nitrogens with zero attached hydrogens (tertiary/aromatic N) is 4. The van der Waals surface area contributed by atoms with E-state index in [1.54, 1.807) is 13.4 Å². The summed E-state index contributed by atoms with van der Waals surface area (Å²) in [5.74, 6) is 1.70. The molecule has 0 unspecified atom stereocenters. The van der Waals surface area contributed by atoms with Crippen molar-refractivity contribution in [2.45, 2.75) is 53.0 Å². The van der Waals surface area contributed by atoms with Gasteiger partial charge in [-0.25, -0.2) is 0 Å². The van der Waals surface area contributed by atoms with Gasteiger partial charge in [0.1, 0.15) is 6.33 Å². The summed E-state index contributed by atoms with van der Waals surface area (Å²) in [4.78, 5) is 4.25. The molecule has 0 saturated heterocycles. The van der Waals surface area contributed by atoms with Crippen LogP contribution in [0.25, 0.3) is 0 Å². The fourth-order valence-corrected chi connectivity index (χ4v) is 2.12. The van der Waals surface area contributed by atoms with Gasteiger partial charge in [-0.15, -0.1) is 10.2 Å². The lowest BCUT2D eigenvalue weighted by atomic mass is 9.87. The lowest BCUT2D eigenvalue weighted by Crippen LogP contribution is -2.42. The molecule has 1 rings (SSSR count). The van der Waals surface area contributed by atoms with Crippen LogP contribution in [0.15, 0.2) is 11.3 Å². The van der Waals surface area contributed by atoms with E-state index in [0.717, 1.165) is 18.3 Å². The van der Waals surface area contributed by atoms with Crippen molar-refractivity contribution in [1.29, 1.82) is 0 Å². The molecule has 120 valence electrons. The van der Waals surface area contributed by atoms with Gasteiger partial charge >= 0.3 is 0 Å². The van der Waals surface area contributed by atoms with Gasteiger partial charge in [0.2, 0.25) is 0 Å². The standard InChI is InChI=1S/C15H30N6/c1-6-7-8-9-15(2,3)11-18-14(16-4)17-10-13-20-19-12-21(13)5/h12H,6-11H2,1-5H3,(H2,16,17,18). The number of hydrogen-bond donors (Lipinski definition) is 2. The molecule has 2 N–H and O–H groups in total. The topological polar surface area (TPSA) is 67.1 Å². The first-order valence-corrected chi connectivity index (χ1v) is 7.76. The molecular formula is C15H30N6. The molecule has 6 heteroatoms. The van der Waals surface area contributed by atoms with Crippen LogP contribution >= 0.6 is 0 Å². The Morgan fingerprint density at radius 3 is 2.67 bits per heavy atom. The van der Waals surface area contributed by atoms with Gasteiger partial charge < -0.3 is 15.2 Å². The fraction of sp³-hybridized carbons (Fsp3) is 0.800. The van der Waals surface area contributed by atoms with E-state index in [2.05, 4.69) is 46.6 Å². The highest BCUT2D eigenvalue weighted by atomic mass is 15.3. The summed E-state index contributed by atoms with van der Waals surface area (Å²) >= 11 is 0. The van der Waals surface area contributed by atoms with E-state index < -0.39 is 0 Å². The maximum absolute atomic E-state index is 4.25. The number of rotatable bonds is 8. The summed E-state index contributed by atoms with van der Waals surface area (Å²) in [6, 6.07) is 0. The maximum atomic E-state index is 4.25. The normalized spacial score (nSPS) is 12.5. The summed E-state index contributed by atoms with van der Waals surface area (Å²) in [6.45, 7) is 8.36.